The van der Waals surface area contributed by atoms with E-state index in [9.17, 15) is 0 Å². The maximum absolute atomic E-state index is 5.67. The molecule has 0 saturated heterocycles. The van der Waals surface area contributed by atoms with Gasteiger partial charge in [0.2, 0.25) is 0 Å². The van der Waals surface area contributed by atoms with Crippen molar-refractivity contribution in [3.05, 3.63) is 12.4 Å². The molecule has 1 aromatic heterocycles. The smallest absolute Gasteiger partial charge is 0.200 e. The molecule has 0 amide bonds. The van der Waals surface area contributed by atoms with Crippen LogP contribution in [0, 0.1) is 0 Å². The highest BCUT2D eigenvalue weighted by Gasteiger charge is 2.17. The van der Waals surface area contributed by atoms with Crippen LogP contribution in [0.25, 0.3) is 0 Å². The zero-order valence-corrected chi connectivity index (χ0v) is 6.53. The first kappa shape index (κ1) is 6.70. The van der Waals surface area contributed by atoms with Gasteiger partial charge < -0.3 is 10.3 Å². The minimum atomic E-state index is 0.623. The van der Waals surface area contributed by atoms with Crippen molar-refractivity contribution >= 4 is 5.95 Å². The van der Waals surface area contributed by atoms with Crippen LogP contribution in [0.3, 0.4) is 0 Å². The van der Waals surface area contributed by atoms with Crippen LogP contribution in [-0.2, 0) is 0 Å². The molecule has 1 aliphatic carbocycles. The molecule has 1 heterocycles. The van der Waals surface area contributed by atoms with Crippen molar-refractivity contribution in [3.63, 3.8) is 0 Å². The number of anilines is 1. The van der Waals surface area contributed by atoms with E-state index in [-0.39, 0.29) is 0 Å². The Labute approximate surface area is 66.2 Å². The normalized spacial score (nSPS) is 19.3. The van der Waals surface area contributed by atoms with Gasteiger partial charge >= 0.3 is 0 Å². The summed E-state index contributed by atoms with van der Waals surface area (Å²) in [6.45, 7) is 0. The van der Waals surface area contributed by atoms with Gasteiger partial charge in [-0.3, -0.25) is 0 Å². The summed E-state index contributed by atoms with van der Waals surface area (Å²) in [6, 6.07) is 0.623. The molecule has 0 bridgehead atoms. The zero-order valence-electron chi connectivity index (χ0n) is 6.53. The lowest BCUT2D eigenvalue weighted by Gasteiger charge is -2.11. The summed E-state index contributed by atoms with van der Waals surface area (Å²) in [7, 11) is 0. The van der Waals surface area contributed by atoms with E-state index in [1.54, 1.807) is 6.20 Å². The van der Waals surface area contributed by atoms with Gasteiger partial charge in [0.25, 0.3) is 0 Å². The number of rotatable bonds is 1. The van der Waals surface area contributed by atoms with Crippen LogP contribution in [0.1, 0.15) is 31.7 Å². The van der Waals surface area contributed by atoms with Gasteiger partial charge in [-0.25, -0.2) is 4.98 Å². The Hall–Kier alpha value is -0.990. The molecule has 2 rings (SSSR count). The standard InChI is InChI=1S/C8H13N3/c9-8-10-5-6-11(8)7-3-1-2-4-7/h5-7H,1-4H2,(H2,9,10). The number of hydrogen-bond donors (Lipinski definition) is 1. The third kappa shape index (κ3) is 1.11. The molecule has 2 N–H and O–H groups in total. The van der Waals surface area contributed by atoms with Gasteiger partial charge in [0.1, 0.15) is 0 Å². The van der Waals surface area contributed by atoms with Crippen molar-refractivity contribution in [2.75, 3.05) is 5.73 Å². The average molecular weight is 151 g/mol. The third-order valence-electron chi connectivity index (χ3n) is 2.42. The summed E-state index contributed by atoms with van der Waals surface area (Å²) in [5.74, 6) is 0.664. The van der Waals surface area contributed by atoms with E-state index >= 15 is 0 Å². The lowest BCUT2D eigenvalue weighted by atomic mass is 10.2. The highest BCUT2D eigenvalue weighted by Crippen LogP contribution is 2.30. The Kier molecular flexibility index (Phi) is 1.56. The van der Waals surface area contributed by atoms with E-state index in [4.69, 9.17) is 5.73 Å². The summed E-state index contributed by atoms with van der Waals surface area (Å²) in [5.41, 5.74) is 5.67. The molecule has 0 radical (unpaired) electrons. The first-order chi connectivity index (χ1) is 5.38. The summed E-state index contributed by atoms with van der Waals surface area (Å²) in [6.07, 6.45) is 8.95. The minimum absolute atomic E-state index is 0.623. The molecule has 0 aromatic carbocycles. The lowest BCUT2D eigenvalue weighted by Crippen LogP contribution is -2.07. The van der Waals surface area contributed by atoms with Crippen molar-refractivity contribution < 1.29 is 0 Å². The summed E-state index contributed by atoms with van der Waals surface area (Å²) < 4.78 is 2.09. The molecule has 1 fully saturated rings. The maximum atomic E-state index is 5.67. The highest BCUT2D eigenvalue weighted by molar-refractivity contribution is 5.18. The van der Waals surface area contributed by atoms with Gasteiger partial charge in [0.05, 0.1) is 0 Å². The van der Waals surface area contributed by atoms with E-state index < -0.39 is 0 Å². The van der Waals surface area contributed by atoms with E-state index in [0.717, 1.165) is 0 Å². The van der Waals surface area contributed by atoms with E-state index in [0.29, 0.717) is 12.0 Å². The molecule has 1 aromatic rings. The van der Waals surface area contributed by atoms with Crippen LogP contribution in [0.4, 0.5) is 5.95 Å². The fourth-order valence-corrected chi connectivity index (χ4v) is 1.82. The van der Waals surface area contributed by atoms with Crippen molar-refractivity contribution in [1.29, 1.82) is 0 Å². The topological polar surface area (TPSA) is 43.8 Å². The van der Waals surface area contributed by atoms with Crippen LogP contribution >= 0.6 is 0 Å². The molecular weight excluding hydrogens is 138 g/mol. The Morgan fingerprint density at radius 2 is 2.18 bits per heavy atom. The average Bonchev–Trinajstić information content (AvgIpc) is 2.55. The molecular formula is C8H13N3. The second-order valence-corrected chi connectivity index (χ2v) is 3.13. The largest absolute Gasteiger partial charge is 0.369 e. The second-order valence-electron chi connectivity index (χ2n) is 3.13. The summed E-state index contributed by atoms with van der Waals surface area (Å²) in [5, 5.41) is 0. The number of imidazole rings is 1. The van der Waals surface area contributed by atoms with E-state index in [1.165, 1.54) is 25.7 Å². The Balaban J connectivity index is 2.21. The number of aromatic nitrogens is 2. The molecule has 60 valence electrons. The fourth-order valence-electron chi connectivity index (χ4n) is 1.82. The van der Waals surface area contributed by atoms with Crippen LogP contribution in [0.15, 0.2) is 12.4 Å². The molecule has 3 nitrogen and oxygen atoms in total. The number of nitrogen functional groups attached to an aromatic ring is 1. The van der Waals surface area contributed by atoms with Crippen LogP contribution in [0.2, 0.25) is 0 Å². The molecule has 0 aliphatic heterocycles. The summed E-state index contributed by atoms with van der Waals surface area (Å²) in [4.78, 5) is 4.00. The van der Waals surface area contributed by atoms with Crippen molar-refractivity contribution in [2.24, 2.45) is 0 Å². The number of hydrogen-bond acceptors (Lipinski definition) is 2. The van der Waals surface area contributed by atoms with Crippen molar-refractivity contribution in [2.45, 2.75) is 31.7 Å². The van der Waals surface area contributed by atoms with Crippen molar-refractivity contribution in [1.82, 2.24) is 9.55 Å². The SMILES string of the molecule is Nc1nccn1C1CCCC1. The Morgan fingerprint density at radius 1 is 1.45 bits per heavy atom. The van der Waals surface area contributed by atoms with E-state index in [2.05, 4.69) is 9.55 Å². The molecule has 11 heavy (non-hydrogen) atoms. The fraction of sp³-hybridized carbons (Fsp3) is 0.625. The molecule has 3 heteroatoms. The predicted molar refractivity (Wildman–Crippen MR) is 44.1 cm³/mol. The predicted octanol–water partition coefficient (Wildman–Crippen LogP) is 1.58. The van der Waals surface area contributed by atoms with Gasteiger partial charge in [0, 0.05) is 18.4 Å². The van der Waals surface area contributed by atoms with Gasteiger partial charge in [-0.15, -0.1) is 0 Å². The van der Waals surface area contributed by atoms with Crippen molar-refractivity contribution in [3.8, 4) is 0 Å². The second kappa shape index (κ2) is 2.57. The highest BCUT2D eigenvalue weighted by atomic mass is 15.2. The van der Waals surface area contributed by atoms with Crippen LogP contribution in [0.5, 0.6) is 0 Å². The van der Waals surface area contributed by atoms with Gasteiger partial charge in [-0.05, 0) is 12.8 Å². The Bertz CT molecular complexity index is 235. The maximum Gasteiger partial charge on any atom is 0.200 e. The zero-order chi connectivity index (χ0) is 7.68. The number of nitrogens with zero attached hydrogens (tertiary/aromatic N) is 2. The molecule has 1 aliphatic rings. The van der Waals surface area contributed by atoms with Gasteiger partial charge in [0.15, 0.2) is 5.95 Å². The molecule has 1 saturated carbocycles. The number of nitrogens with two attached hydrogens (primary N) is 1. The lowest BCUT2D eigenvalue weighted by molar-refractivity contribution is 0.525. The quantitative estimate of drug-likeness (QED) is 0.662. The van der Waals surface area contributed by atoms with Crippen LogP contribution < -0.4 is 5.73 Å². The molecule has 0 unspecified atom stereocenters. The first-order valence-corrected chi connectivity index (χ1v) is 4.16. The van der Waals surface area contributed by atoms with Gasteiger partial charge in [-0.1, -0.05) is 12.8 Å². The summed E-state index contributed by atoms with van der Waals surface area (Å²) >= 11 is 0. The van der Waals surface area contributed by atoms with Gasteiger partial charge in [-0.2, -0.15) is 0 Å². The molecule has 0 atom stereocenters. The third-order valence-corrected chi connectivity index (χ3v) is 2.42. The monoisotopic (exact) mass is 151 g/mol. The molecule has 0 spiro atoms. The van der Waals surface area contributed by atoms with Crippen LogP contribution in [-0.4, -0.2) is 9.55 Å². The first-order valence-electron chi connectivity index (χ1n) is 4.16. The van der Waals surface area contributed by atoms with E-state index in [1.807, 2.05) is 6.20 Å². The Morgan fingerprint density at radius 3 is 2.73 bits per heavy atom. The minimum Gasteiger partial charge on any atom is -0.369 e.